The molecular weight excluding hydrogens is 476 g/mol. The van der Waals surface area contributed by atoms with Crippen LogP contribution in [0.15, 0.2) is 109 Å². The van der Waals surface area contributed by atoms with Crippen molar-refractivity contribution in [1.82, 2.24) is 0 Å². The van der Waals surface area contributed by atoms with E-state index in [2.05, 4.69) is 123 Å². The fourth-order valence-corrected chi connectivity index (χ4v) is 6.86. The summed E-state index contributed by atoms with van der Waals surface area (Å²) in [6, 6.07) is 40.2. The van der Waals surface area contributed by atoms with E-state index in [0.29, 0.717) is 0 Å². The predicted octanol–water partition coefficient (Wildman–Crippen LogP) is 8.99. The molecule has 0 unspecified atom stereocenters. The van der Waals surface area contributed by atoms with Gasteiger partial charge < -0.3 is 9.47 Å². The van der Waals surface area contributed by atoms with E-state index in [9.17, 15) is 0 Å². The van der Waals surface area contributed by atoms with Crippen LogP contribution in [0.5, 0.6) is 11.5 Å². The third kappa shape index (κ3) is 3.21. The fourth-order valence-electron chi connectivity index (χ4n) is 6.86. The molecule has 6 aromatic rings. The summed E-state index contributed by atoms with van der Waals surface area (Å²) in [5.41, 5.74) is 9.65. The maximum absolute atomic E-state index is 5.62. The predicted molar refractivity (Wildman–Crippen MR) is 161 cm³/mol. The molecule has 0 atom stereocenters. The summed E-state index contributed by atoms with van der Waals surface area (Å²) in [7, 11) is 3.47. The monoisotopic (exact) mass is 506 g/mol. The highest BCUT2D eigenvalue weighted by molar-refractivity contribution is 5.94. The molecule has 0 amide bonds. The number of fused-ring (bicyclic) bond motifs is 5. The second-order valence-corrected chi connectivity index (χ2v) is 10.5. The van der Waals surface area contributed by atoms with E-state index in [1.54, 1.807) is 14.2 Å². The van der Waals surface area contributed by atoms with Crippen LogP contribution in [-0.4, -0.2) is 14.2 Å². The van der Waals surface area contributed by atoms with Gasteiger partial charge in [0.25, 0.3) is 0 Å². The molecule has 6 aromatic carbocycles. The van der Waals surface area contributed by atoms with Gasteiger partial charge in [-0.3, -0.25) is 0 Å². The van der Waals surface area contributed by atoms with E-state index in [4.69, 9.17) is 9.47 Å². The molecule has 7 rings (SSSR count). The number of ether oxygens (including phenoxy) is 2. The zero-order chi connectivity index (χ0) is 26.7. The molecule has 1 aliphatic carbocycles. The lowest BCUT2D eigenvalue weighted by atomic mass is 9.67. The molecule has 0 aliphatic heterocycles. The Morgan fingerprint density at radius 3 is 1.36 bits per heavy atom. The van der Waals surface area contributed by atoms with Crippen LogP contribution in [0, 0.1) is 13.8 Å². The van der Waals surface area contributed by atoms with Gasteiger partial charge in [-0.15, -0.1) is 0 Å². The molecule has 190 valence electrons. The number of hydrogen-bond acceptors (Lipinski definition) is 2. The van der Waals surface area contributed by atoms with Gasteiger partial charge in [-0.1, -0.05) is 84.9 Å². The molecule has 2 heteroatoms. The van der Waals surface area contributed by atoms with Crippen LogP contribution in [0.3, 0.4) is 0 Å². The largest absolute Gasteiger partial charge is 0.496 e. The smallest absolute Gasteiger partial charge is 0.122 e. The first-order chi connectivity index (χ1) is 19.1. The Kier molecular flexibility index (Phi) is 5.28. The van der Waals surface area contributed by atoms with Crippen molar-refractivity contribution in [3.05, 3.63) is 143 Å². The molecule has 39 heavy (non-hydrogen) atoms. The highest BCUT2D eigenvalue weighted by atomic mass is 16.5. The number of aryl methyl sites for hydroxylation is 2. The lowest BCUT2D eigenvalue weighted by molar-refractivity contribution is 0.412. The molecule has 0 N–H and O–H groups in total. The minimum Gasteiger partial charge on any atom is -0.496 e. The summed E-state index contributed by atoms with van der Waals surface area (Å²) >= 11 is 0. The van der Waals surface area contributed by atoms with Gasteiger partial charge in [0.05, 0.1) is 19.6 Å². The molecule has 1 aliphatic rings. The van der Waals surface area contributed by atoms with E-state index in [0.717, 1.165) is 22.6 Å². The maximum atomic E-state index is 5.62. The van der Waals surface area contributed by atoms with Gasteiger partial charge in [-0.2, -0.15) is 0 Å². The van der Waals surface area contributed by atoms with Crippen LogP contribution in [0.1, 0.15) is 33.4 Å². The SMILES string of the molecule is COc1ccc2cc(C3(c4ccc5c(C)c(OC)ccc5c4)c4ccccc4-c4ccccc43)ccc2c1C. The van der Waals surface area contributed by atoms with Crippen LogP contribution in [0.25, 0.3) is 32.7 Å². The van der Waals surface area contributed by atoms with Crippen molar-refractivity contribution in [1.29, 1.82) is 0 Å². The maximum Gasteiger partial charge on any atom is 0.122 e. The first-order valence-electron chi connectivity index (χ1n) is 13.4. The molecule has 0 radical (unpaired) electrons. The minimum atomic E-state index is -0.447. The second kappa shape index (κ2) is 8.74. The molecule has 0 spiro atoms. The zero-order valence-electron chi connectivity index (χ0n) is 22.7. The Bertz CT molecular complexity index is 1770. The molecule has 0 heterocycles. The Morgan fingerprint density at radius 1 is 0.487 bits per heavy atom. The highest BCUT2D eigenvalue weighted by Crippen LogP contribution is 2.56. The van der Waals surface area contributed by atoms with Crippen molar-refractivity contribution >= 4 is 21.5 Å². The normalized spacial score (nSPS) is 13.3. The van der Waals surface area contributed by atoms with Gasteiger partial charge in [0.2, 0.25) is 0 Å². The number of rotatable bonds is 4. The summed E-state index contributed by atoms with van der Waals surface area (Å²) < 4.78 is 11.2. The third-order valence-corrected chi connectivity index (χ3v) is 8.74. The van der Waals surface area contributed by atoms with Gasteiger partial charge in [0.15, 0.2) is 0 Å². The van der Waals surface area contributed by atoms with Crippen molar-refractivity contribution in [2.75, 3.05) is 14.2 Å². The summed E-state index contributed by atoms with van der Waals surface area (Å²) in [5, 5.41) is 4.87. The van der Waals surface area contributed by atoms with Gasteiger partial charge >= 0.3 is 0 Å². The van der Waals surface area contributed by atoms with E-state index < -0.39 is 5.41 Å². The lowest BCUT2D eigenvalue weighted by Gasteiger charge is -2.34. The average Bonchev–Trinajstić information content (AvgIpc) is 3.28. The van der Waals surface area contributed by atoms with Crippen molar-refractivity contribution < 1.29 is 9.47 Å². The van der Waals surface area contributed by atoms with Gasteiger partial charge in [0, 0.05) is 0 Å². The van der Waals surface area contributed by atoms with Crippen molar-refractivity contribution in [3.63, 3.8) is 0 Å². The Balaban J connectivity index is 1.59. The first kappa shape index (κ1) is 23.5. The summed E-state index contributed by atoms with van der Waals surface area (Å²) in [6.07, 6.45) is 0. The summed E-state index contributed by atoms with van der Waals surface area (Å²) in [6.45, 7) is 4.27. The molecule has 0 aromatic heterocycles. The van der Waals surface area contributed by atoms with Crippen LogP contribution in [0.4, 0.5) is 0 Å². The van der Waals surface area contributed by atoms with Crippen LogP contribution >= 0.6 is 0 Å². The van der Waals surface area contributed by atoms with Gasteiger partial charge in [-0.05, 0) is 104 Å². The Morgan fingerprint density at radius 2 is 0.923 bits per heavy atom. The fraction of sp³-hybridized carbons (Fsp3) is 0.135. The summed E-state index contributed by atoms with van der Waals surface area (Å²) in [5.74, 6) is 1.84. The number of benzene rings is 6. The van der Waals surface area contributed by atoms with E-state index >= 15 is 0 Å². The molecule has 0 fully saturated rings. The first-order valence-corrected chi connectivity index (χ1v) is 13.4. The molecule has 0 saturated heterocycles. The minimum absolute atomic E-state index is 0.447. The molecular formula is C37H30O2. The van der Waals surface area contributed by atoms with E-state index in [1.165, 1.54) is 54.9 Å². The average molecular weight is 507 g/mol. The summed E-state index contributed by atoms with van der Waals surface area (Å²) in [4.78, 5) is 0. The standard InChI is InChI=1S/C37H30O2/c1-23-29-17-15-27(21-25(29)13-19-35(23)38-3)37(28-16-18-30-24(2)36(39-4)20-14-26(30)22-28)33-11-7-5-9-31(33)32-10-6-8-12-34(32)37/h5-22H,1-4H3. The zero-order valence-corrected chi connectivity index (χ0v) is 22.7. The molecule has 0 bridgehead atoms. The Labute approximate surface area is 229 Å². The second-order valence-electron chi connectivity index (χ2n) is 10.5. The van der Waals surface area contributed by atoms with Crippen molar-refractivity contribution in [3.8, 4) is 22.6 Å². The van der Waals surface area contributed by atoms with E-state index in [-0.39, 0.29) is 0 Å². The topological polar surface area (TPSA) is 18.5 Å². The van der Waals surface area contributed by atoms with Crippen LogP contribution in [-0.2, 0) is 5.41 Å². The number of hydrogen-bond donors (Lipinski definition) is 0. The van der Waals surface area contributed by atoms with Crippen LogP contribution in [0.2, 0.25) is 0 Å². The number of methoxy groups -OCH3 is 2. The quantitative estimate of drug-likeness (QED) is 0.237. The highest BCUT2D eigenvalue weighted by Gasteiger charge is 2.46. The third-order valence-electron chi connectivity index (χ3n) is 8.74. The lowest BCUT2D eigenvalue weighted by Crippen LogP contribution is -2.28. The van der Waals surface area contributed by atoms with Gasteiger partial charge in [0.1, 0.15) is 11.5 Å². The van der Waals surface area contributed by atoms with Crippen LogP contribution < -0.4 is 9.47 Å². The van der Waals surface area contributed by atoms with Crippen molar-refractivity contribution in [2.45, 2.75) is 19.3 Å². The molecule has 2 nitrogen and oxygen atoms in total. The van der Waals surface area contributed by atoms with E-state index in [1.807, 2.05) is 0 Å². The Hall–Kier alpha value is -4.56. The van der Waals surface area contributed by atoms with Crippen molar-refractivity contribution in [2.24, 2.45) is 0 Å². The molecule has 0 saturated carbocycles. The van der Waals surface area contributed by atoms with Gasteiger partial charge in [-0.25, -0.2) is 0 Å².